The van der Waals surface area contributed by atoms with Crippen LogP contribution in [0.5, 0.6) is 0 Å². The van der Waals surface area contributed by atoms with Gasteiger partial charge in [-0.25, -0.2) is 4.79 Å². The van der Waals surface area contributed by atoms with Gasteiger partial charge >= 0.3 is 5.97 Å². The van der Waals surface area contributed by atoms with Crippen molar-refractivity contribution in [2.45, 2.75) is 46.5 Å². The van der Waals surface area contributed by atoms with E-state index in [1.165, 1.54) is 9.78 Å². The molecule has 0 bridgehead atoms. The average Bonchev–Trinajstić information content (AvgIpc) is 3.27. The molecular formula is C21H22N2O4S2. The second-order valence-electron chi connectivity index (χ2n) is 7.28. The van der Waals surface area contributed by atoms with E-state index in [9.17, 15) is 19.5 Å². The first-order valence-electron chi connectivity index (χ1n) is 9.66. The van der Waals surface area contributed by atoms with Crippen molar-refractivity contribution >= 4 is 46.3 Å². The molecule has 1 fully saturated rings. The second-order valence-corrected chi connectivity index (χ2v) is 9.36. The van der Waals surface area contributed by atoms with E-state index in [4.69, 9.17) is 0 Å². The van der Waals surface area contributed by atoms with E-state index in [2.05, 4.69) is 0 Å². The van der Waals surface area contributed by atoms with E-state index in [1.807, 2.05) is 24.5 Å². The van der Waals surface area contributed by atoms with Crippen LogP contribution in [0.25, 0.3) is 11.1 Å². The third-order valence-corrected chi connectivity index (χ3v) is 7.70. The summed E-state index contributed by atoms with van der Waals surface area (Å²) >= 11 is 2.51. The predicted octanol–water partition coefficient (Wildman–Crippen LogP) is 4.79. The predicted molar refractivity (Wildman–Crippen MR) is 115 cm³/mol. The molecule has 1 saturated heterocycles. The lowest BCUT2D eigenvalue weighted by molar-refractivity contribution is -0.122. The SMILES string of the molecule is CCN1C(=O)S/C(=C\c2cc(C)n(-c3sc4c(c3C(=O)O)CCCC4)c2C)C1=O. The Morgan fingerprint density at radius 3 is 2.62 bits per heavy atom. The van der Waals surface area contributed by atoms with E-state index in [0.717, 1.165) is 65.0 Å². The number of thioether (sulfide) groups is 1. The number of hydrogen-bond donors (Lipinski definition) is 1. The Balaban J connectivity index is 1.81. The van der Waals surface area contributed by atoms with Gasteiger partial charge in [-0.2, -0.15) is 0 Å². The molecule has 8 heteroatoms. The molecule has 0 saturated carbocycles. The highest BCUT2D eigenvalue weighted by Gasteiger charge is 2.34. The van der Waals surface area contributed by atoms with Gasteiger partial charge in [0.1, 0.15) is 5.00 Å². The van der Waals surface area contributed by atoms with Gasteiger partial charge in [0.05, 0.1) is 10.5 Å². The number of fused-ring (bicyclic) bond motifs is 1. The summed E-state index contributed by atoms with van der Waals surface area (Å²) < 4.78 is 1.97. The van der Waals surface area contributed by atoms with Crippen LogP contribution in [0.1, 0.15) is 57.5 Å². The molecular weight excluding hydrogens is 408 g/mol. The molecule has 29 heavy (non-hydrogen) atoms. The summed E-state index contributed by atoms with van der Waals surface area (Å²) in [6.45, 7) is 5.99. The molecule has 0 spiro atoms. The van der Waals surface area contributed by atoms with Crippen LogP contribution in [-0.2, 0) is 17.6 Å². The summed E-state index contributed by atoms with van der Waals surface area (Å²) in [6.07, 6.45) is 5.59. The molecule has 0 aromatic carbocycles. The Morgan fingerprint density at radius 2 is 1.97 bits per heavy atom. The fourth-order valence-corrected chi connectivity index (χ4v) is 6.48. The van der Waals surface area contributed by atoms with E-state index in [0.29, 0.717) is 17.0 Å². The van der Waals surface area contributed by atoms with Crippen molar-refractivity contribution in [3.05, 3.63) is 43.9 Å². The number of thiophene rings is 1. The van der Waals surface area contributed by atoms with Gasteiger partial charge in [-0.3, -0.25) is 14.5 Å². The van der Waals surface area contributed by atoms with Crippen molar-refractivity contribution in [3.8, 4) is 5.00 Å². The molecule has 4 rings (SSSR count). The fourth-order valence-electron chi connectivity index (χ4n) is 4.09. The second kappa shape index (κ2) is 7.50. The van der Waals surface area contributed by atoms with Gasteiger partial charge in [-0.1, -0.05) is 0 Å². The van der Waals surface area contributed by atoms with Gasteiger partial charge in [0, 0.05) is 22.8 Å². The Morgan fingerprint density at radius 1 is 1.24 bits per heavy atom. The van der Waals surface area contributed by atoms with Gasteiger partial charge in [0.25, 0.3) is 11.1 Å². The molecule has 2 aliphatic rings. The number of rotatable bonds is 4. The maximum Gasteiger partial charge on any atom is 0.339 e. The maximum atomic E-state index is 12.4. The number of carboxylic acid groups (broad SMARTS) is 1. The number of amides is 2. The van der Waals surface area contributed by atoms with Crippen molar-refractivity contribution in [3.63, 3.8) is 0 Å². The lowest BCUT2D eigenvalue weighted by Crippen LogP contribution is -2.27. The smallest absolute Gasteiger partial charge is 0.339 e. The molecule has 1 N–H and O–H groups in total. The minimum Gasteiger partial charge on any atom is -0.478 e. The number of imide groups is 1. The zero-order valence-electron chi connectivity index (χ0n) is 16.6. The summed E-state index contributed by atoms with van der Waals surface area (Å²) in [7, 11) is 0. The van der Waals surface area contributed by atoms with Crippen LogP contribution in [0.3, 0.4) is 0 Å². The molecule has 0 atom stereocenters. The highest BCUT2D eigenvalue weighted by molar-refractivity contribution is 8.18. The van der Waals surface area contributed by atoms with Crippen molar-refractivity contribution in [1.29, 1.82) is 0 Å². The summed E-state index contributed by atoms with van der Waals surface area (Å²) in [5.41, 5.74) is 3.98. The van der Waals surface area contributed by atoms with E-state index in [1.54, 1.807) is 24.3 Å². The number of likely N-dealkylation sites (N-methyl/N-ethyl adjacent to an activating group) is 1. The standard InChI is InChI=1S/C21H22N2O4S2/c1-4-22-18(24)16(29-21(22)27)10-13-9-11(2)23(12(13)3)19-17(20(25)26)14-7-5-6-8-15(14)28-19/h9-10H,4-8H2,1-3H3,(H,25,26)/b16-10-. The number of nitrogens with zero attached hydrogens (tertiary/aromatic N) is 2. The van der Waals surface area contributed by atoms with Crippen molar-refractivity contribution < 1.29 is 19.5 Å². The zero-order chi connectivity index (χ0) is 20.9. The van der Waals surface area contributed by atoms with Crippen LogP contribution in [0.2, 0.25) is 0 Å². The van der Waals surface area contributed by atoms with Crippen molar-refractivity contribution in [2.75, 3.05) is 6.54 Å². The molecule has 0 unspecified atom stereocenters. The minimum absolute atomic E-state index is 0.253. The largest absolute Gasteiger partial charge is 0.478 e. The van der Waals surface area contributed by atoms with Crippen molar-refractivity contribution in [2.24, 2.45) is 0 Å². The quantitative estimate of drug-likeness (QED) is 0.706. The van der Waals surface area contributed by atoms with Crippen LogP contribution in [0.4, 0.5) is 4.79 Å². The first-order chi connectivity index (χ1) is 13.8. The Hall–Kier alpha value is -2.32. The third-order valence-electron chi connectivity index (χ3n) is 5.52. The van der Waals surface area contributed by atoms with Crippen LogP contribution in [0, 0.1) is 13.8 Å². The summed E-state index contributed by atoms with van der Waals surface area (Å²) in [4.78, 5) is 39.3. The molecule has 2 aromatic rings. The molecule has 3 heterocycles. The van der Waals surface area contributed by atoms with Crippen LogP contribution >= 0.6 is 23.1 Å². The van der Waals surface area contributed by atoms with Gasteiger partial charge in [-0.05, 0) is 81.5 Å². The number of carbonyl (C=O) groups is 3. The lowest BCUT2D eigenvalue weighted by Gasteiger charge is -2.11. The molecule has 0 radical (unpaired) electrons. The van der Waals surface area contributed by atoms with Gasteiger partial charge in [0.15, 0.2) is 0 Å². The van der Waals surface area contributed by atoms with Crippen LogP contribution in [-0.4, -0.2) is 38.2 Å². The number of aromatic nitrogens is 1. The third kappa shape index (κ3) is 3.24. The number of aromatic carboxylic acids is 1. The maximum absolute atomic E-state index is 12.4. The topological polar surface area (TPSA) is 79.6 Å². The monoisotopic (exact) mass is 430 g/mol. The summed E-state index contributed by atoms with van der Waals surface area (Å²) in [5, 5.41) is 10.4. The highest BCUT2D eigenvalue weighted by Crippen LogP contribution is 2.39. The van der Waals surface area contributed by atoms with E-state index < -0.39 is 5.97 Å². The van der Waals surface area contributed by atoms with Crippen LogP contribution < -0.4 is 0 Å². The van der Waals surface area contributed by atoms with Gasteiger partial charge < -0.3 is 9.67 Å². The number of hydrogen-bond acceptors (Lipinski definition) is 5. The van der Waals surface area contributed by atoms with Crippen LogP contribution in [0.15, 0.2) is 11.0 Å². The Labute approximate surface area is 177 Å². The van der Waals surface area contributed by atoms with Gasteiger partial charge in [0.2, 0.25) is 0 Å². The van der Waals surface area contributed by atoms with Gasteiger partial charge in [-0.15, -0.1) is 11.3 Å². The number of aryl methyl sites for hydroxylation is 2. The number of carboxylic acids is 1. The van der Waals surface area contributed by atoms with Crippen molar-refractivity contribution in [1.82, 2.24) is 9.47 Å². The molecule has 2 amide bonds. The Kier molecular flexibility index (Phi) is 5.16. The minimum atomic E-state index is -0.891. The summed E-state index contributed by atoms with van der Waals surface area (Å²) in [6, 6.07) is 1.94. The Bertz CT molecular complexity index is 1080. The summed E-state index contributed by atoms with van der Waals surface area (Å²) in [5.74, 6) is -1.16. The number of carbonyl (C=O) groups excluding carboxylic acids is 2. The first-order valence-corrected chi connectivity index (χ1v) is 11.3. The molecule has 6 nitrogen and oxygen atoms in total. The molecule has 2 aromatic heterocycles. The van der Waals surface area contributed by atoms with E-state index >= 15 is 0 Å². The molecule has 1 aliphatic carbocycles. The molecule has 1 aliphatic heterocycles. The first kappa shape index (κ1) is 20.0. The lowest BCUT2D eigenvalue weighted by atomic mass is 9.95. The fraction of sp³-hybridized carbons (Fsp3) is 0.381. The average molecular weight is 431 g/mol. The highest BCUT2D eigenvalue weighted by atomic mass is 32.2. The van der Waals surface area contributed by atoms with E-state index in [-0.39, 0.29) is 11.1 Å². The zero-order valence-corrected chi connectivity index (χ0v) is 18.2. The molecule has 152 valence electrons. The normalized spacial score (nSPS) is 18.0.